The molecule has 4 heteroatoms. The third-order valence-corrected chi connectivity index (χ3v) is 6.10. The van der Waals surface area contributed by atoms with Gasteiger partial charge in [-0.2, -0.15) is 0 Å². The van der Waals surface area contributed by atoms with Crippen molar-refractivity contribution < 1.29 is 14.6 Å². The zero-order chi connectivity index (χ0) is 18.6. The smallest absolute Gasteiger partial charge is 0.407 e. The van der Waals surface area contributed by atoms with Gasteiger partial charge in [0.05, 0.1) is 0 Å². The molecule has 2 aromatic carbocycles. The first-order valence-electron chi connectivity index (χ1n) is 9.96. The number of aliphatic hydroxyl groups is 1. The van der Waals surface area contributed by atoms with Crippen LogP contribution in [0.5, 0.6) is 0 Å². The van der Waals surface area contributed by atoms with Gasteiger partial charge in [-0.25, -0.2) is 4.79 Å². The number of nitrogens with one attached hydrogen (secondary N) is 1. The van der Waals surface area contributed by atoms with Crippen molar-refractivity contribution in [3.8, 4) is 11.1 Å². The number of fused-ring (bicyclic) bond motifs is 3. The van der Waals surface area contributed by atoms with Gasteiger partial charge in [0.2, 0.25) is 0 Å². The van der Waals surface area contributed by atoms with Crippen molar-refractivity contribution in [1.82, 2.24) is 5.32 Å². The maximum absolute atomic E-state index is 12.2. The average molecular weight is 365 g/mol. The second-order valence-electron chi connectivity index (χ2n) is 7.78. The molecule has 0 saturated heterocycles. The molecule has 0 unspecified atom stereocenters. The Bertz CT molecular complexity index is 750. The molecule has 142 valence electrons. The summed E-state index contributed by atoms with van der Waals surface area (Å²) in [6.45, 7) is 1.30. The van der Waals surface area contributed by atoms with E-state index < -0.39 is 0 Å². The van der Waals surface area contributed by atoms with E-state index in [1.165, 1.54) is 22.3 Å². The molecule has 1 amide bonds. The van der Waals surface area contributed by atoms with Crippen LogP contribution in [0, 0.1) is 11.8 Å². The van der Waals surface area contributed by atoms with Gasteiger partial charge in [0.25, 0.3) is 0 Å². The number of hydrogen-bond donors (Lipinski definition) is 2. The maximum Gasteiger partial charge on any atom is 0.407 e. The van der Waals surface area contributed by atoms with Crippen LogP contribution >= 0.6 is 0 Å². The van der Waals surface area contributed by atoms with Crippen LogP contribution in [-0.4, -0.2) is 31.0 Å². The highest BCUT2D eigenvalue weighted by molar-refractivity contribution is 5.79. The molecule has 0 heterocycles. The summed E-state index contributed by atoms with van der Waals surface area (Å²) >= 11 is 0. The van der Waals surface area contributed by atoms with Crippen LogP contribution in [0.1, 0.15) is 42.7 Å². The minimum Gasteiger partial charge on any atom is -0.449 e. The summed E-state index contributed by atoms with van der Waals surface area (Å²) in [5.41, 5.74) is 4.94. The fourth-order valence-electron chi connectivity index (χ4n) is 4.50. The molecule has 2 aliphatic rings. The van der Waals surface area contributed by atoms with Gasteiger partial charge in [0.15, 0.2) is 0 Å². The first-order valence-corrected chi connectivity index (χ1v) is 9.96. The van der Waals surface area contributed by atoms with Gasteiger partial charge in [0, 0.05) is 19.1 Å². The van der Waals surface area contributed by atoms with Crippen molar-refractivity contribution in [3.05, 3.63) is 59.7 Å². The fraction of sp³-hybridized carbons (Fsp3) is 0.435. The lowest BCUT2D eigenvalue weighted by Crippen LogP contribution is -2.32. The highest BCUT2D eigenvalue weighted by Gasteiger charge is 2.29. The number of alkyl carbamates (subject to hydrolysis) is 1. The lowest BCUT2D eigenvalue weighted by molar-refractivity contribution is 0.135. The normalized spacial score (nSPS) is 21.4. The molecular weight excluding hydrogens is 338 g/mol. The minimum atomic E-state index is -0.332. The SMILES string of the molecule is O=C(NCC1CCC(CO)CC1)OCC1c2ccccc2-c2ccccc21. The van der Waals surface area contributed by atoms with E-state index in [0.717, 1.165) is 25.7 Å². The molecule has 2 aromatic rings. The Balaban J connectivity index is 1.32. The topological polar surface area (TPSA) is 58.6 Å². The Morgan fingerprint density at radius 2 is 1.48 bits per heavy atom. The van der Waals surface area contributed by atoms with Crippen molar-refractivity contribution in [2.24, 2.45) is 11.8 Å². The first kappa shape index (κ1) is 18.1. The number of hydrogen-bond acceptors (Lipinski definition) is 3. The number of amides is 1. The lowest BCUT2D eigenvalue weighted by Gasteiger charge is -2.27. The zero-order valence-electron chi connectivity index (χ0n) is 15.6. The Labute approximate surface area is 160 Å². The second-order valence-corrected chi connectivity index (χ2v) is 7.78. The van der Waals surface area contributed by atoms with E-state index >= 15 is 0 Å². The standard InChI is InChI=1S/C23H27NO3/c25-14-17-11-9-16(10-12-17)13-24-23(26)27-15-22-20-7-3-1-5-18(20)19-6-2-4-8-21(19)22/h1-8,16-17,22,25H,9-15H2,(H,24,26). The summed E-state index contributed by atoms with van der Waals surface area (Å²) in [7, 11) is 0. The molecular formula is C23H27NO3. The Morgan fingerprint density at radius 1 is 0.926 bits per heavy atom. The molecule has 0 aromatic heterocycles. The van der Waals surface area contributed by atoms with Crippen molar-refractivity contribution >= 4 is 6.09 Å². The van der Waals surface area contributed by atoms with E-state index in [9.17, 15) is 9.90 Å². The van der Waals surface area contributed by atoms with Gasteiger partial charge < -0.3 is 15.2 Å². The monoisotopic (exact) mass is 365 g/mol. The van der Waals surface area contributed by atoms with E-state index in [0.29, 0.717) is 25.0 Å². The van der Waals surface area contributed by atoms with E-state index in [1.54, 1.807) is 0 Å². The Hall–Kier alpha value is -2.33. The molecule has 2 aliphatic carbocycles. The van der Waals surface area contributed by atoms with E-state index in [2.05, 4.69) is 41.7 Å². The van der Waals surface area contributed by atoms with Crippen LogP contribution in [0.25, 0.3) is 11.1 Å². The highest BCUT2D eigenvalue weighted by Crippen LogP contribution is 2.44. The van der Waals surface area contributed by atoms with Crippen molar-refractivity contribution in [2.45, 2.75) is 31.6 Å². The van der Waals surface area contributed by atoms with Gasteiger partial charge in [-0.15, -0.1) is 0 Å². The summed E-state index contributed by atoms with van der Waals surface area (Å²) in [6, 6.07) is 16.7. The first-order chi connectivity index (χ1) is 13.3. The third kappa shape index (κ3) is 3.86. The quantitative estimate of drug-likeness (QED) is 0.829. The van der Waals surface area contributed by atoms with Gasteiger partial charge in [0.1, 0.15) is 6.61 Å². The number of ether oxygens (including phenoxy) is 1. The number of rotatable bonds is 5. The predicted molar refractivity (Wildman–Crippen MR) is 106 cm³/mol. The molecule has 0 spiro atoms. The highest BCUT2D eigenvalue weighted by atomic mass is 16.5. The van der Waals surface area contributed by atoms with Gasteiger partial charge in [-0.1, -0.05) is 48.5 Å². The van der Waals surface area contributed by atoms with E-state index in [-0.39, 0.29) is 18.6 Å². The minimum absolute atomic E-state index is 0.100. The fourth-order valence-corrected chi connectivity index (χ4v) is 4.50. The maximum atomic E-state index is 12.2. The molecule has 4 rings (SSSR count). The molecule has 0 radical (unpaired) electrons. The number of carbonyl (C=O) groups is 1. The van der Waals surface area contributed by atoms with Crippen LogP contribution < -0.4 is 5.32 Å². The molecule has 1 fully saturated rings. The average Bonchev–Trinajstić information content (AvgIpc) is 3.05. The lowest BCUT2D eigenvalue weighted by atomic mass is 9.82. The molecule has 2 N–H and O–H groups in total. The number of benzene rings is 2. The summed E-state index contributed by atoms with van der Waals surface area (Å²) in [5, 5.41) is 12.2. The molecule has 4 nitrogen and oxygen atoms in total. The molecule has 0 atom stereocenters. The molecule has 1 saturated carbocycles. The Kier molecular flexibility index (Phi) is 5.44. The molecule has 0 bridgehead atoms. The molecule has 0 aliphatic heterocycles. The van der Waals surface area contributed by atoms with Crippen LogP contribution in [-0.2, 0) is 4.74 Å². The van der Waals surface area contributed by atoms with Crippen molar-refractivity contribution in [2.75, 3.05) is 19.8 Å². The second kappa shape index (κ2) is 8.13. The largest absolute Gasteiger partial charge is 0.449 e. The predicted octanol–water partition coefficient (Wildman–Crippen LogP) is 4.32. The number of carbonyl (C=O) groups excluding carboxylic acids is 1. The van der Waals surface area contributed by atoms with Crippen molar-refractivity contribution in [1.29, 1.82) is 0 Å². The van der Waals surface area contributed by atoms with E-state index in [1.807, 2.05) is 12.1 Å². The molecule has 27 heavy (non-hydrogen) atoms. The summed E-state index contributed by atoms with van der Waals surface area (Å²) in [5.74, 6) is 1.03. The zero-order valence-corrected chi connectivity index (χ0v) is 15.6. The van der Waals surface area contributed by atoms with Gasteiger partial charge >= 0.3 is 6.09 Å². The van der Waals surface area contributed by atoms with Gasteiger partial charge in [-0.05, 0) is 59.8 Å². The summed E-state index contributed by atoms with van der Waals surface area (Å²) in [6.07, 6.45) is 3.89. The number of aliphatic hydroxyl groups excluding tert-OH is 1. The van der Waals surface area contributed by atoms with Crippen LogP contribution in [0.2, 0.25) is 0 Å². The van der Waals surface area contributed by atoms with Crippen LogP contribution in [0.15, 0.2) is 48.5 Å². The van der Waals surface area contributed by atoms with Crippen molar-refractivity contribution in [3.63, 3.8) is 0 Å². The van der Waals surface area contributed by atoms with Gasteiger partial charge in [-0.3, -0.25) is 0 Å². The van der Waals surface area contributed by atoms with E-state index in [4.69, 9.17) is 4.74 Å². The summed E-state index contributed by atoms with van der Waals surface area (Å²) < 4.78 is 5.58. The third-order valence-electron chi connectivity index (χ3n) is 6.10. The summed E-state index contributed by atoms with van der Waals surface area (Å²) in [4.78, 5) is 12.2. The van der Waals surface area contributed by atoms with Crippen LogP contribution in [0.4, 0.5) is 4.79 Å². The van der Waals surface area contributed by atoms with Crippen LogP contribution in [0.3, 0.4) is 0 Å². The Morgan fingerprint density at radius 3 is 2.07 bits per heavy atom.